The molecule has 0 aliphatic heterocycles. The summed E-state index contributed by atoms with van der Waals surface area (Å²) >= 11 is 0. The van der Waals surface area contributed by atoms with Crippen LogP contribution in [0.1, 0.15) is 26.2 Å². The molecule has 0 saturated heterocycles. The summed E-state index contributed by atoms with van der Waals surface area (Å²) in [6.07, 6.45) is 8.56. The van der Waals surface area contributed by atoms with Crippen LogP contribution in [0, 0.1) is 23.7 Å². The Kier molecular flexibility index (Phi) is 1.73. The summed E-state index contributed by atoms with van der Waals surface area (Å²) in [7, 11) is 0. The standard InChI is InChI=1S/C12H16O2/c1-7(13)14-12-6-8-5-11(12)10-4-2-3-9(8)10/h2,4,8-12H,3,5-6H2,1H3/t8-,9+,10-,11+,12-/m0/s1. The second-order valence-electron chi connectivity index (χ2n) is 4.95. The van der Waals surface area contributed by atoms with Gasteiger partial charge < -0.3 is 4.74 Å². The average Bonchev–Trinajstić information content (AvgIpc) is 2.68. The van der Waals surface area contributed by atoms with Crippen LogP contribution in [0.25, 0.3) is 0 Å². The molecule has 2 bridgehead atoms. The van der Waals surface area contributed by atoms with Crippen molar-refractivity contribution in [1.82, 2.24) is 0 Å². The first-order valence-electron chi connectivity index (χ1n) is 5.59. The van der Waals surface area contributed by atoms with E-state index >= 15 is 0 Å². The van der Waals surface area contributed by atoms with E-state index in [-0.39, 0.29) is 12.1 Å². The van der Waals surface area contributed by atoms with Gasteiger partial charge in [-0.1, -0.05) is 12.2 Å². The van der Waals surface area contributed by atoms with Crippen LogP contribution < -0.4 is 0 Å². The molecular weight excluding hydrogens is 176 g/mol. The maximum Gasteiger partial charge on any atom is 0.302 e. The normalized spacial score (nSPS) is 48.2. The monoisotopic (exact) mass is 192 g/mol. The van der Waals surface area contributed by atoms with E-state index in [4.69, 9.17) is 4.74 Å². The van der Waals surface area contributed by atoms with Gasteiger partial charge in [-0.25, -0.2) is 0 Å². The summed E-state index contributed by atoms with van der Waals surface area (Å²) < 4.78 is 5.38. The molecule has 3 aliphatic carbocycles. The maximum atomic E-state index is 10.9. The van der Waals surface area contributed by atoms with Gasteiger partial charge in [0.1, 0.15) is 6.10 Å². The number of ether oxygens (including phenoxy) is 1. The predicted molar refractivity (Wildman–Crippen MR) is 52.5 cm³/mol. The molecular formula is C12H16O2. The molecule has 3 aliphatic rings. The van der Waals surface area contributed by atoms with Crippen molar-refractivity contribution in [2.45, 2.75) is 32.3 Å². The van der Waals surface area contributed by atoms with Crippen LogP contribution in [-0.2, 0) is 9.53 Å². The predicted octanol–water partition coefficient (Wildman–Crippen LogP) is 2.15. The first-order chi connectivity index (χ1) is 6.75. The molecule has 2 saturated carbocycles. The molecule has 0 amide bonds. The number of carbonyl (C=O) groups is 1. The van der Waals surface area contributed by atoms with Crippen LogP contribution in [0.2, 0.25) is 0 Å². The summed E-state index contributed by atoms with van der Waals surface area (Å²) in [5.41, 5.74) is 0. The number of esters is 1. The Bertz CT molecular complexity index is 295. The second-order valence-corrected chi connectivity index (χ2v) is 4.95. The molecule has 0 spiro atoms. The van der Waals surface area contributed by atoms with Gasteiger partial charge >= 0.3 is 5.97 Å². The Balaban J connectivity index is 1.76. The van der Waals surface area contributed by atoms with E-state index in [1.54, 1.807) is 0 Å². The average molecular weight is 192 g/mol. The lowest BCUT2D eigenvalue weighted by Gasteiger charge is -2.30. The minimum absolute atomic E-state index is 0.110. The lowest BCUT2D eigenvalue weighted by Crippen LogP contribution is -2.31. The van der Waals surface area contributed by atoms with E-state index in [2.05, 4.69) is 12.2 Å². The molecule has 5 atom stereocenters. The fourth-order valence-electron chi connectivity index (χ4n) is 3.83. The summed E-state index contributed by atoms with van der Waals surface area (Å²) in [5.74, 6) is 2.95. The molecule has 0 radical (unpaired) electrons. The molecule has 3 rings (SSSR count). The fourth-order valence-corrected chi connectivity index (χ4v) is 3.83. The van der Waals surface area contributed by atoms with E-state index in [1.807, 2.05) is 0 Å². The van der Waals surface area contributed by atoms with Crippen molar-refractivity contribution in [1.29, 1.82) is 0 Å². The van der Waals surface area contributed by atoms with Crippen molar-refractivity contribution < 1.29 is 9.53 Å². The highest BCUT2D eigenvalue weighted by Crippen LogP contribution is 2.57. The van der Waals surface area contributed by atoms with Gasteiger partial charge in [-0.05, 0) is 37.0 Å². The van der Waals surface area contributed by atoms with Gasteiger partial charge in [0.2, 0.25) is 0 Å². The second kappa shape index (κ2) is 2.85. The number of rotatable bonds is 1. The third-order valence-corrected chi connectivity index (χ3v) is 4.27. The molecule has 0 aromatic carbocycles. The van der Waals surface area contributed by atoms with Gasteiger partial charge in [-0.2, -0.15) is 0 Å². The minimum atomic E-state index is -0.110. The summed E-state index contributed by atoms with van der Waals surface area (Å²) in [6.45, 7) is 1.52. The first-order valence-corrected chi connectivity index (χ1v) is 5.59. The first kappa shape index (κ1) is 8.51. The summed E-state index contributed by atoms with van der Waals surface area (Å²) in [4.78, 5) is 10.9. The third kappa shape index (κ3) is 1.06. The fraction of sp³-hybridized carbons (Fsp3) is 0.750. The molecule has 0 aromatic rings. The maximum absolute atomic E-state index is 10.9. The van der Waals surface area contributed by atoms with Crippen LogP contribution in [-0.4, -0.2) is 12.1 Å². The molecule has 14 heavy (non-hydrogen) atoms. The largest absolute Gasteiger partial charge is 0.462 e. The molecule has 0 aromatic heterocycles. The Morgan fingerprint density at radius 3 is 3.00 bits per heavy atom. The van der Waals surface area contributed by atoms with Crippen molar-refractivity contribution in [3.8, 4) is 0 Å². The van der Waals surface area contributed by atoms with E-state index < -0.39 is 0 Å². The smallest absolute Gasteiger partial charge is 0.302 e. The van der Waals surface area contributed by atoms with Crippen molar-refractivity contribution in [3.05, 3.63) is 12.2 Å². The lowest BCUT2D eigenvalue weighted by molar-refractivity contribution is -0.149. The Labute approximate surface area is 84.3 Å². The quantitative estimate of drug-likeness (QED) is 0.470. The van der Waals surface area contributed by atoms with Gasteiger partial charge in [0.15, 0.2) is 0 Å². The van der Waals surface area contributed by atoms with Crippen LogP contribution in [0.4, 0.5) is 0 Å². The topological polar surface area (TPSA) is 26.3 Å². The van der Waals surface area contributed by atoms with Gasteiger partial charge in [-0.3, -0.25) is 4.79 Å². The number of fused-ring (bicyclic) bond motifs is 5. The molecule has 76 valence electrons. The van der Waals surface area contributed by atoms with Gasteiger partial charge in [0.05, 0.1) is 0 Å². The zero-order chi connectivity index (χ0) is 9.71. The number of allylic oxidation sites excluding steroid dienone is 2. The number of carbonyl (C=O) groups excluding carboxylic acids is 1. The summed E-state index contributed by atoms with van der Waals surface area (Å²) in [5, 5.41) is 0. The number of hydrogen-bond donors (Lipinski definition) is 0. The molecule has 0 N–H and O–H groups in total. The molecule has 2 fully saturated rings. The van der Waals surface area contributed by atoms with Gasteiger partial charge in [0, 0.05) is 12.8 Å². The lowest BCUT2D eigenvalue weighted by atomic mass is 9.80. The van der Waals surface area contributed by atoms with Crippen molar-refractivity contribution >= 4 is 5.97 Å². The van der Waals surface area contributed by atoms with Gasteiger partial charge in [-0.15, -0.1) is 0 Å². The molecule has 0 unspecified atom stereocenters. The Hall–Kier alpha value is -0.790. The summed E-state index contributed by atoms with van der Waals surface area (Å²) in [6, 6.07) is 0. The Morgan fingerprint density at radius 1 is 1.36 bits per heavy atom. The van der Waals surface area contributed by atoms with Crippen LogP contribution >= 0.6 is 0 Å². The van der Waals surface area contributed by atoms with E-state index in [0.29, 0.717) is 5.92 Å². The minimum Gasteiger partial charge on any atom is -0.462 e. The Morgan fingerprint density at radius 2 is 2.21 bits per heavy atom. The highest BCUT2D eigenvalue weighted by Gasteiger charge is 2.53. The van der Waals surface area contributed by atoms with Crippen molar-refractivity contribution in [2.24, 2.45) is 23.7 Å². The van der Waals surface area contributed by atoms with Crippen molar-refractivity contribution in [3.63, 3.8) is 0 Å². The van der Waals surface area contributed by atoms with Crippen LogP contribution in [0.3, 0.4) is 0 Å². The highest BCUT2D eigenvalue weighted by atomic mass is 16.5. The van der Waals surface area contributed by atoms with Crippen LogP contribution in [0.15, 0.2) is 12.2 Å². The highest BCUT2D eigenvalue weighted by molar-refractivity contribution is 5.66. The number of hydrogen-bond acceptors (Lipinski definition) is 2. The van der Waals surface area contributed by atoms with E-state index in [1.165, 1.54) is 19.8 Å². The van der Waals surface area contributed by atoms with E-state index in [0.717, 1.165) is 24.2 Å². The molecule has 2 heteroatoms. The van der Waals surface area contributed by atoms with Crippen LogP contribution in [0.5, 0.6) is 0 Å². The molecule has 2 nitrogen and oxygen atoms in total. The SMILES string of the molecule is CC(=O)O[C@H]1C[C@@H]2C[C@@H]1[C@H]1C=CC[C@H]21. The third-order valence-electron chi connectivity index (χ3n) is 4.27. The zero-order valence-corrected chi connectivity index (χ0v) is 8.48. The van der Waals surface area contributed by atoms with Gasteiger partial charge in [0.25, 0.3) is 0 Å². The van der Waals surface area contributed by atoms with E-state index in [9.17, 15) is 4.79 Å². The molecule has 0 heterocycles. The van der Waals surface area contributed by atoms with Crippen molar-refractivity contribution in [2.75, 3.05) is 0 Å². The zero-order valence-electron chi connectivity index (χ0n) is 8.48.